The number of piperazine rings is 1. The molecule has 1 fully saturated rings. The molecule has 5 rings (SSSR count). The predicted molar refractivity (Wildman–Crippen MR) is 140 cm³/mol. The highest BCUT2D eigenvalue weighted by Gasteiger charge is 2.28. The van der Waals surface area contributed by atoms with Crippen molar-refractivity contribution in [2.24, 2.45) is 0 Å². The van der Waals surface area contributed by atoms with Gasteiger partial charge in [-0.15, -0.1) is 4.31 Å². The second-order valence-electron chi connectivity index (χ2n) is 8.46. The molecule has 35 heavy (non-hydrogen) atoms. The highest BCUT2D eigenvalue weighted by molar-refractivity contribution is 7.88. The predicted octanol–water partition coefficient (Wildman–Crippen LogP) is 4.63. The second-order valence-corrected chi connectivity index (χ2v) is 9.91. The number of nitrogens with zero attached hydrogens (tertiary/aromatic N) is 3. The largest absolute Gasteiger partial charge is 0.598 e. The molecular formula is C28H26FN3O2S. The van der Waals surface area contributed by atoms with Crippen LogP contribution < -0.4 is 10.5 Å². The monoisotopic (exact) mass is 487 g/mol. The first kappa shape index (κ1) is 23.4. The second kappa shape index (κ2) is 10.5. The smallest absolute Gasteiger partial charge is 0.265 e. The van der Waals surface area contributed by atoms with Crippen LogP contribution in [0.3, 0.4) is 0 Å². The lowest BCUT2D eigenvalue weighted by molar-refractivity contribution is 0.384. The van der Waals surface area contributed by atoms with Gasteiger partial charge in [0.2, 0.25) is 0 Å². The molecule has 0 bridgehead atoms. The van der Waals surface area contributed by atoms with Gasteiger partial charge in [-0.05, 0) is 35.9 Å². The lowest BCUT2D eigenvalue weighted by atomic mass is 10.0. The summed E-state index contributed by atoms with van der Waals surface area (Å²) in [7, 11) is 0. The van der Waals surface area contributed by atoms with Gasteiger partial charge >= 0.3 is 0 Å². The van der Waals surface area contributed by atoms with Crippen molar-refractivity contribution in [2.75, 3.05) is 31.1 Å². The van der Waals surface area contributed by atoms with Gasteiger partial charge in [0.25, 0.3) is 5.56 Å². The van der Waals surface area contributed by atoms with Crippen molar-refractivity contribution in [1.82, 2.24) is 8.87 Å². The summed E-state index contributed by atoms with van der Waals surface area (Å²) in [5.74, 6) is 0.151. The van der Waals surface area contributed by atoms with Gasteiger partial charge in [-0.2, -0.15) is 0 Å². The number of anilines is 1. The van der Waals surface area contributed by atoms with E-state index in [9.17, 15) is 13.7 Å². The van der Waals surface area contributed by atoms with Crippen molar-refractivity contribution in [2.45, 2.75) is 5.75 Å². The summed E-state index contributed by atoms with van der Waals surface area (Å²) in [5, 5.41) is 0. The van der Waals surface area contributed by atoms with Gasteiger partial charge in [-0.1, -0.05) is 60.7 Å². The van der Waals surface area contributed by atoms with Crippen LogP contribution >= 0.6 is 0 Å². The third-order valence-electron chi connectivity index (χ3n) is 6.24. The molecule has 0 amide bonds. The zero-order valence-electron chi connectivity index (χ0n) is 19.2. The molecule has 0 aliphatic carbocycles. The number of rotatable bonds is 6. The Hall–Kier alpha value is -3.39. The fraction of sp³-hybridized carbons (Fsp3) is 0.179. The van der Waals surface area contributed by atoms with Crippen LogP contribution in [0, 0.1) is 5.82 Å². The summed E-state index contributed by atoms with van der Waals surface area (Å²) in [4.78, 5) is 15.8. The Morgan fingerprint density at radius 3 is 2.09 bits per heavy atom. The van der Waals surface area contributed by atoms with Gasteiger partial charge in [0.05, 0.1) is 24.3 Å². The molecule has 0 saturated carbocycles. The van der Waals surface area contributed by atoms with E-state index >= 15 is 0 Å². The maximum absolute atomic E-state index is 13.7. The molecule has 2 heterocycles. The molecule has 0 N–H and O–H groups in total. The molecule has 1 unspecified atom stereocenters. The third-order valence-corrected chi connectivity index (χ3v) is 7.76. The molecule has 1 aliphatic heterocycles. The van der Waals surface area contributed by atoms with E-state index in [0.717, 1.165) is 16.9 Å². The molecule has 3 aromatic carbocycles. The van der Waals surface area contributed by atoms with Crippen molar-refractivity contribution < 1.29 is 8.94 Å². The molecule has 1 aliphatic rings. The summed E-state index contributed by atoms with van der Waals surface area (Å²) in [6.07, 6.45) is 1.79. The number of pyridine rings is 1. The van der Waals surface area contributed by atoms with E-state index in [1.54, 1.807) is 22.9 Å². The van der Waals surface area contributed by atoms with E-state index in [0.29, 0.717) is 43.1 Å². The first-order valence-electron chi connectivity index (χ1n) is 11.6. The fourth-order valence-electron chi connectivity index (χ4n) is 4.41. The third kappa shape index (κ3) is 5.17. The van der Waals surface area contributed by atoms with Crippen LogP contribution in [0.25, 0.3) is 16.8 Å². The van der Waals surface area contributed by atoms with E-state index < -0.39 is 11.4 Å². The first-order valence-corrected chi connectivity index (χ1v) is 12.9. The standard InChI is InChI=1S/C28H26FN3O2S/c29-24-13-11-23(12-14-24)27-26(15-16-32(28(27)33)25-9-5-2-6-10-25)30-17-19-31(20-18-30)35(34)21-22-7-3-1-4-8-22/h1-16H,17-21H2. The van der Waals surface area contributed by atoms with Crippen molar-refractivity contribution in [3.63, 3.8) is 0 Å². The van der Waals surface area contributed by atoms with E-state index in [4.69, 9.17) is 0 Å². The van der Waals surface area contributed by atoms with Crippen molar-refractivity contribution in [3.8, 4) is 16.8 Å². The average molecular weight is 488 g/mol. The van der Waals surface area contributed by atoms with E-state index in [1.165, 1.54) is 12.1 Å². The molecule has 0 radical (unpaired) electrons. The Bertz CT molecular complexity index is 1320. The van der Waals surface area contributed by atoms with Crippen LogP contribution in [-0.2, 0) is 17.1 Å². The first-order chi connectivity index (χ1) is 17.1. The Balaban J connectivity index is 1.42. The Morgan fingerprint density at radius 2 is 1.43 bits per heavy atom. The Labute approximate surface area is 207 Å². The summed E-state index contributed by atoms with van der Waals surface area (Å²) < 4.78 is 30.2. The molecule has 5 nitrogen and oxygen atoms in total. The molecule has 4 aromatic rings. The molecular weight excluding hydrogens is 461 g/mol. The van der Waals surface area contributed by atoms with Gasteiger partial charge in [0.15, 0.2) is 5.75 Å². The number of hydrogen-bond donors (Lipinski definition) is 0. The number of aromatic nitrogens is 1. The van der Waals surface area contributed by atoms with Crippen molar-refractivity contribution in [3.05, 3.63) is 119 Å². The van der Waals surface area contributed by atoms with Gasteiger partial charge in [0, 0.05) is 41.9 Å². The van der Waals surface area contributed by atoms with Crippen LogP contribution in [-0.4, -0.2) is 39.6 Å². The van der Waals surface area contributed by atoms with Gasteiger partial charge in [-0.25, -0.2) is 4.39 Å². The van der Waals surface area contributed by atoms with E-state index in [-0.39, 0.29) is 11.4 Å². The van der Waals surface area contributed by atoms with Crippen LogP contribution in [0.5, 0.6) is 0 Å². The Morgan fingerprint density at radius 1 is 0.800 bits per heavy atom. The SMILES string of the molecule is O=c1c(-c2ccc(F)cc2)c(N2CCN([S+]([O-])Cc3ccccc3)CC2)ccn1-c1ccccc1. The minimum atomic E-state index is -1.11. The molecule has 1 saturated heterocycles. The van der Waals surface area contributed by atoms with Crippen LogP contribution in [0.4, 0.5) is 10.1 Å². The van der Waals surface area contributed by atoms with Crippen molar-refractivity contribution >= 4 is 17.0 Å². The van der Waals surface area contributed by atoms with Crippen LogP contribution in [0.15, 0.2) is 102 Å². The average Bonchev–Trinajstić information content (AvgIpc) is 2.90. The van der Waals surface area contributed by atoms with E-state index in [1.807, 2.05) is 71.0 Å². The maximum atomic E-state index is 13.7. The van der Waals surface area contributed by atoms with Gasteiger partial charge < -0.3 is 9.45 Å². The molecule has 1 atom stereocenters. The maximum Gasteiger partial charge on any atom is 0.265 e. The lowest BCUT2D eigenvalue weighted by Gasteiger charge is -2.36. The number of benzene rings is 3. The number of para-hydroxylation sites is 1. The fourth-order valence-corrected chi connectivity index (χ4v) is 5.64. The van der Waals surface area contributed by atoms with Crippen molar-refractivity contribution in [1.29, 1.82) is 0 Å². The highest BCUT2D eigenvalue weighted by atomic mass is 32.2. The van der Waals surface area contributed by atoms with Gasteiger partial charge in [-0.3, -0.25) is 9.36 Å². The Kier molecular flexibility index (Phi) is 6.99. The minimum absolute atomic E-state index is 0.157. The van der Waals surface area contributed by atoms with Crippen LogP contribution in [0.2, 0.25) is 0 Å². The molecule has 7 heteroatoms. The summed E-state index contributed by atoms with van der Waals surface area (Å²) in [6.45, 7) is 2.54. The van der Waals surface area contributed by atoms with Crippen LogP contribution in [0.1, 0.15) is 5.56 Å². The minimum Gasteiger partial charge on any atom is -0.598 e. The van der Waals surface area contributed by atoms with Gasteiger partial charge in [0.1, 0.15) is 5.82 Å². The molecule has 0 spiro atoms. The summed E-state index contributed by atoms with van der Waals surface area (Å²) >= 11 is -1.11. The molecule has 178 valence electrons. The van der Waals surface area contributed by atoms with E-state index in [2.05, 4.69) is 4.90 Å². The summed E-state index contributed by atoms with van der Waals surface area (Å²) in [6, 6.07) is 27.3. The summed E-state index contributed by atoms with van der Waals surface area (Å²) in [5.41, 5.74) is 3.68. The zero-order valence-corrected chi connectivity index (χ0v) is 20.0. The lowest BCUT2D eigenvalue weighted by Crippen LogP contribution is -2.49. The topological polar surface area (TPSA) is 51.5 Å². The zero-order chi connectivity index (χ0) is 24.2. The molecule has 1 aromatic heterocycles. The highest BCUT2D eigenvalue weighted by Crippen LogP contribution is 2.30. The number of halogens is 1. The number of hydrogen-bond acceptors (Lipinski definition) is 4. The normalized spacial score (nSPS) is 15.2. The quantitative estimate of drug-likeness (QED) is 0.372.